The van der Waals surface area contributed by atoms with Crippen LogP contribution in [-0.4, -0.2) is 32.1 Å². The number of fused-ring (bicyclic) bond motifs is 5. The number of aliphatic hydroxyl groups is 1. The summed E-state index contributed by atoms with van der Waals surface area (Å²) in [7, 11) is 0. The van der Waals surface area contributed by atoms with Gasteiger partial charge in [0, 0.05) is 28.6 Å². The van der Waals surface area contributed by atoms with Gasteiger partial charge >= 0.3 is 0 Å². The molecule has 35 heavy (non-hydrogen) atoms. The Labute approximate surface area is 198 Å². The molecular formula is C27H17N5O3. The Bertz CT molecular complexity index is 1720. The van der Waals surface area contributed by atoms with E-state index in [2.05, 4.69) is 20.0 Å². The predicted octanol–water partition coefficient (Wildman–Crippen LogP) is 3.57. The summed E-state index contributed by atoms with van der Waals surface area (Å²) in [6.07, 6.45) is 18.9. The second-order valence-corrected chi connectivity index (χ2v) is 8.17. The monoisotopic (exact) mass is 459 g/mol. The number of aromatic nitrogens is 1. The zero-order valence-corrected chi connectivity index (χ0v) is 18.2. The van der Waals surface area contributed by atoms with Crippen LogP contribution in [0.3, 0.4) is 0 Å². The SMILES string of the molecule is O=[N+]([O-])c1cccc(C(O)=c2cc3[nH]c2=CC2=NC(=CC4=NC(=CC5=NC(=C3)C=C5)C=C4)C=C2)c1. The number of nitro benzene ring substituents is 1. The molecule has 0 saturated carbocycles. The Kier molecular flexibility index (Phi) is 4.70. The lowest BCUT2D eigenvalue weighted by atomic mass is 10.1. The Morgan fingerprint density at radius 2 is 1.40 bits per heavy atom. The minimum absolute atomic E-state index is 0.0789. The summed E-state index contributed by atoms with van der Waals surface area (Å²) >= 11 is 0. The molecule has 0 saturated heterocycles. The highest BCUT2D eigenvalue weighted by Crippen LogP contribution is 2.19. The van der Waals surface area contributed by atoms with Crippen LogP contribution >= 0.6 is 0 Å². The maximum absolute atomic E-state index is 11.2. The molecule has 5 heterocycles. The molecule has 8 bridgehead atoms. The van der Waals surface area contributed by atoms with Crippen molar-refractivity contribution in [3.8, 4) is 0 Å². The Balaban J connectivity index is 1.57. The second-order valence-electron chi connectivity index (χ2n) is 8.17. The van der Waals surface area contributed by atoms with Crippen LogP contribution in [0.4, 0.5) is 5.69 Å². The molecule has 6 rings (SSSR count). The molecular weight excluding hydrogens is 442 g/mol. The molecule has 0 radical (unpaired) electrons. The fraction of sp³-hybridized carbons (Fsp3) is 0. The number of hydrogen-bond acceptors (Lipinski definition) is 6. The normalized spacial score (nSPS) is 18.3. The number of rotatable bonds is 2. The van der Waals surface area contributed by atoms with E-state index in [0.717, 1.165) is 28.5 Å². The Morgan fingerprint density at radius 3 is 2.03 bits per heavy atom. The van der Waals surface area contributed by atoms with E-state index in [-0.39, 0.29) is 11.4 Å². The summed E-state index contributed by atoms with van der Waals surface area (Å²) in [4.78, 5) is 27.9. The van der Waals surface area contributed by atoms with Crippen LogP contribution in [-0.2, 0) is 0 Å². The summed E-state index contributed by atoms with van der Waals surface area (Å²) in [5.74, 6) is -0.0789. The van der Waals surface area contributed by atoms with E-state index in [1.807, 2.05) is 60.8 Å². The van der Waals surface area contributed by atoms with Gasteiger partial charge in [-0.05, 0) is 66.8 Å². The molecule has 0 spiro atoms. The van der Waals surface area contributed by atoms with Crippen LogP contribution in [0, 0.1) is 10.1 Å². The molecule has 1 aromatic heterocycles. The zero-order valence-electron chi connectivity index (χ0n) is 18.2. The van der Waals surface area contributed by atoms with Crippen molar-refractivity contribution in [1.29, 1.82) is 0 Å². The van der Waals surface area contributed by atoms with Crippen LogP contribution in [0.5, 0.6) is 0 Å². The van der Waals surface area contributed by atoms with Crippen molar-refractivity contribution < 1.29 is 10.0 Å². The molecule has 8 heteroatoms. The predicted molar refractivity (Wildman–Crippen MR) is 137 cm³/mol. The first-order valence-corrected chi connectivity index (χ1v) is 10.8. The van der Waals surface area contributed by atoms with Gasteiger partial charge < -0.3 is 10.1 Å². The molecule has 2 aromatic rings. The van der Waals surface area contributed by atoms with E-state index < -0.39 is 4.92 Å². The zero-order chi connectivity index (χ0) is 23.9. The largest absolute Gasteiger partial charge is 0.507 e. The summed E-state index contributed by atoms with van der Waals surface area (Å²) in [6.45, 7) is 0. The summed E-state index contributed by atoms with van der Waals surface area (Å²) in [6, 6.07) is 7.70. The number of aliphatic hydroxyl groups excluding tert-OH is 1. The Morgan fingerprint density at radius 1 is 0.800 bits per heavy atom. The minimum Gasteiger partial charge on any atom is -0.507 e. The highest BCUT2D eigenvalue weighted by Gasteiger charge is 2.13. The van der Waals surface area contributed by atoms with E-state index in [1.54, 1.807) is 18.2 Å². The maximum Gasteiger partial charge on any atom is 0.270 e. The number of nitrogens with zero attached hydrogens (tertiary/aromatic N) is 4. The highest BCUT2D eigenvalue weighted by atomic mass is 16.6. The van der Waals surface area contributed by atoms with Gasteiger partial charge in [-0.25, -0.2) is 15.0 Å². The lowest BCUT2D eigenvalue weighted by Crippen LogP contribution is -2.26. The second kappa shape index (κ2) is 8.03. The fourth-order valence-electron chi connectivity index (χ4n) is 4.08. The summed E-state index contributed by atoms with van der Waals surface area (Å²) in [5.41, 5.74) is 5.54. The van der Waals surface area contributed by atoms with Crippen LogP contribution in [0.2, 0.25) is 0 Å². The number of H-pyrrole nitrogens is 1. The van der Waals surface area contributed by atoms with E-state index in [0.29, 0.717) is 27.5 Å². The molecule has 0 atom stereocenters. The molecule has 0 fully saturated rings. The number of benzene rings is 1. The number of aromatic amines is 1. The van der Waals surface area contributed by atoms with Gasteiger partial charge in [-0.3, -0.25) is 10.1 Å². The highest BCUT2D eigenvalue weighted by molar-refractivity contribution is 6.20. The number of hydrogen-bond donors (Lipinski definition) is 2. The van der Waals surface area contributed by atoms with Crippen molar-refractivity contribution in [2.45, 2.75) is 0 Å². The van der Waals surface area contributed by atoms with E-state index in [4.69, 9.17) is 0 Å². The number of nitrogens with one attached hydrogen (secondary N) is 1. The van der Waals surface area contributed by atoms with Gasteiger partial charge in [0.15, 0.2) is 0 Å². The molecule has 4 aliphatic heterocycles. The quantitative estimate of drug-likeness (QED) is 0.528. The number of nitro groups is 1. The molecule has 0 amide bonds. The first-order valence-electron chi connectivity index (χ1n) is 10.8. The first kappa shape index (κ1) is 20.5. The molecule has 168 valence electrons. The molecule has 8 nitrogen and oxygen atoms in total. The van der Waals surface area contributed by atoms with Gasteiger partial charge in [0.2, 0.25) is 0 Å². The minimum atomic E-state index is -0.487. The van der Waals surface area contributed by atoms with Crippen LogP contribution in [0.1, 0.15) is 11.3 Å². The lowest BCUT2D eigenvalue weighted by molar-refractivity contribution is -0.384. The van der Waals surface area contributed by atoms with Crippen LogP contribution in [0.15, 0.2) is 111 Å². The standard InChI is InChI=1S/C27H17N5O3/c33-27(16-2-1-3-24(10-16)32(34)35)25-14-23-13-21-7-6-19(29-21)11-17-4-5-18(28-17)12-20-8-9-22(30-20)15-26(25)31-23/h1-15,31,33H. The van der Waals surface area contributed by atoms with E-state index >= 15 is 0 Å². The van der Waals surface area contributed by atoms with Crippen molar-refractivity contribution in [3.63, 3.8) is 0 Å². The fourth-order valence-corrected chi connectivity index (χ4v) is 4.08. The number of aliphatic imine (C=N–C) groups is 3. The molecule has 1 aromatic carbocycles. The molecule has 0 aliphatic carbocycles. The van der Waals surface area contributed by atoms with Crippen molar-refractivity contribution in [2.75, 3.05) is 0 Å². The average Bonchev–Trinajstić information content (AvgIpc) is 3.64. The van der Waals surface area contributed by atoms with Gasteiger partial charge in [0.1, 0.15) is 5.76 Å². The van der Waals surface area contributed by atoms with Gasteiger partial charge in [-0.2, -0.15) is 0 Å². The van der Waals surface area contributed by atoms with E-state index in [1.165, 1.54) is 12.1 Å². The van der Waals surface area contributed by atoms with Crippen molar-refractivity contribution in [2.24, 2.45) is 15.0 Å². The molecule has 0 unspecified atom stereocenters. The van der Waals surface area contributed by atoms with Crippen LogP contribution in [0.25, 0.3) is 17.9 Å². The van der Waals surface area contributed by atoms with Gasteiger partial charge in [-0.15, -0.1) is 0 Å². The van der Waals surface area contributed by atoms with Gasteiger partial charge in [-0.1, -0.05) is 12.1 Å². The first-order chi connectivity index (χ1) is 17.0. The smallest absolute Gasteiger partial charge is 0.270 e. The maximum atomic E-state index is 11.2. The van der Waals surface area contributed by atoms with Crippen molar-refractivity contribution >= 4 is 40.7 Å². The van der Waals surface area contributed by atoms with Crippen LogP contribution < -0.4 is 10.6 Å². The van der Waals surface area contributed by atoms with E-state index in [9.17, 15) is 15.2 Å². The third-order valence-corrected chi connectivity index (χ3v) is 5.69. The number of non-ortho nitro benzene ring substituents is 1. The number of allylic oxidation sites excluding steroid dienone is 8. The molecule has 4 aliphatic rings. The summed E-state index contributed by atoms with van der Waals surface area (Å²) in [5, 5.41) is 23.4. The van der Waals surface area contributed by atoms with Gasteiger partial charge in [0.25, 0.3) is 5.69 Å². The average molecular weight is 459 g/mol. The lowest BCUT2D eigenvalue weighted by Gasteiger charge is -1.99. The van der Waals surface area contributed by atoms with Crippen molar-refractivity contribution in [3.05, 3.63) is 128 Å². The topological polar surface area (TPSA) is 116 Å². The van der Waals surface area contributed by atoms with Crippen molar-refractivity contribution in [1.82, 2.24) is 4.98 Å². The molecule has 2 N–H and O–H groups in total. The third kappa shape index (κ3) is 4.04. The summed E-state index contributed by atoms with van der Waals surface area (Å²) < 4.78 is 0. The Hall–Kier alpha value is -5.11. The third-order valence-electron chi connectivity index (χ3n) is 5.69. The van der Waals surface area contributed by atoms with Gasteiger partial charge in [0.05, 0.1) is 44.5 Å².